The number of rotatable bonds is 5. The zero-order valence-electron chi connectivity index (χ0n) is 15.6. The minimum absolute atomic E-state index is 0.0216. The molecule has 1 unspecified atom stereocenters. The monoisotopic (exact) mass is 373 g/mol. The Balaban J connectivity index is 1.50. The van der Waals surface area contributed by atoms with Gasteiger partial charge in [0.1, 0.15) is 6.04 Å². The summed E-state index contributed by atoms with van der Waals surface area (Å²) >= 11 is 1.66. The Hall–Kier alpha value is -1.69. The summed E-state index contributed by atoms with van der Waals surface area (Å²) in [5, 5.41) is 7.24. The highest BCUT2D eigenvalue weighted by molar-refractivity contribution is 7.14. The maximum Gasteiger partial charge on any atom is 0.262 e. The Bertz CT molecular complexity index is 750. The van der Waals surface area contributed by atoms with Crippen molar-refractivity contribution < 1.29 is 9.32 Å². The number of hydrogen-bond donors (Lipinski definition) is 1. The molecular formula is C20H27N3O2S. The lowest BCUT2D eigenvalue weighted by Crippen LogP contribution is -2.31. The third-order valence-electron chi connectivity index (χ3n) is 5.34. The lowest BCUT2D eigenvalue weighted by molar-refractivity contribution is 0.0918. The summed E-state index contributed by atoms with van der Waals surface area (Å²) in [7, 11) is 0. The summed E-state index contributed by atoms with van der Waals surface area (Å²) in [6.45, 7) is 4.14. The minimum Gasteiger partial charge on any atom is -0.339 e. The van der Waals surface area contributed by atoms with E-state index in [1.54, 1.807) is 11.3 Å². The second-order valence-electron chi connectivity index (χ2n) is 7.93. The summed E-state index contributed by atoms with van der Waals surface area (Å²) in [5.74, 6) is 1.94. The Morgan fingerprint density at radius 2 is 2.00 bits per heavy atom. The zero-order valence-corrected chi connectivity index (χ0v) is 16.4. The lowest BCUT2D eigenvalue weighted by Gasteiger charge is -2.18. The fourth-order valence-electron chi connectivity index (χ4n) is 3.56. The second-order valence-corrected chi connectivity index (χ2v) is 9.07. The first-order valence-electron chi connectivity index (χ1n) is 9.87. The van der Waals surface area contributed by atoms with Gasteiger partial charge in [-0.15, -0.1) is 11.3 Å². The van der Waals surface area contributed by atoms with Crippen molar-refractivity contribution in [2.75, 3.05) is 0 Å². The van der Waals surface area contributed by atoms with E-state index in [-0.39, 0.29) is 17.9 Å². The Labute approximate surface area is 158 Å². The molecule has 2 aromatic heterocycles. The van der Waals surface area contributed by atoms with E-state index in [1.165, 1.54) is 36.1 Å². The molecule has 1 atom stereocenters. The van der Waals surface area contributed by atoms with Gasteiger partial charge in [-0.1, -0.05) is 31.8 Å². The van der Waals surface area contributed by atoms with Gasteiger partial charge < -0.3 is 9.84 Å². The molecule has 2 aliphatic rings. The van der Waals surface area contributed by atoms with E-state index in [2.05, 4.69) is 35.4 Å². The first-order valence-corrected chi connectivity index (χ1v) is 10.7. The molecule has 1 saturated carbocycles. The van der Waals surface area contributed by atoms with Gasteiger partial charge >= 0.3 is 0 Å². The summed E-state index contributed by atoms with van der Waals surface area (Å²) in [4.78, 5) is 19.6. The van der Waals surface area contributed by atoms with Gasteiger partial charge in [0.05, 0.1) is 4.88 Å². The molecule has 0 bridgehead atoms. The van der Waals surface area contributed by atoms with E-state index in [0.29, 0.717) is 11.8 Å². The largest absolute Gasteiger partial charge is 0.339 e. The maximum atomic E-state index is 12.9. The van der Waals surface area contributed by atoms with Gasteiger partial charge in [0.2, 0.25) is 5.89 Å². The molecule has 2 aromatic rings. The average Bonchev–Trinajstić information content (AvgIpc) is 3.20. The topological polar surface area (TPSA) is 68.0 Å². The molecule has 5 nitrogen and oxygen atoms in total. The normalized spacial score (nSPS) is 18.9. The summed E-state index contributed by atoms with van der Waals surface area (Å²) < 4.78 is 5.47. The average molecular weight is 374 g/mol. The van der Waals surface area contributed by atoms with Crippen molar-refractivity contribution in [1.29, 1.82) is 0 Å². The van der Waals surface area contributed by atoms with Crippen molar-refractivity contribution in [1.82, 2.24) is 15.5 Å². The highest BCUT2D eigenvalue weighted by atomic mass is 32.1. The number of aromatic nitrogens is 2. The van der Waals surface area contributed by atoms with Crippen molar-refractivity contribution >= 4 is 17.2 Å². The first-order chi connectivity index (χ1) is 12.6. The Morgan fingerprint density at radius 1 is 1.23 bits per heavy atom. The fraction of sp³-hybridized carbons (Fsp3) is 0.650. The van der Waals surface area contributed by atoms with Gasteiger partial charge in [-0.3, -0.25) is 4.79 Å². The quantitative estimate of drug-likeness (QED) is 0.818. The van der Waals surface area contributed by atoms with Crippen molar-refractivity contribution in [3.63, 3.8) is 0 Å². The van der Waals surface area contributed by atoms with Crippen LogP contribution >= 0.6 is 11.3 Å². The van der Waals surface area contributed by atoms with Crippen LogP contribution in [0.15, 0.2) is 10.6 Å². The zero-order chi connectivity index (χ0) is 18.1. The molecular weight excluding hydrogens is 346 g/mol. The summed E-state index contributed by atoms with van der Waals surface area (Å²) in [6.07, 6.45) is 9.54. The first kappa shape index (κ1) is 17.7. The minimum atomic E-state index is -0.243. The Morgan fingerprint density at radius 3 is 2.73 bits per heavy atom. The highest BCUT2D eigenvalue weighted by Gasteiger charge is 2.32. The van der Waals surface area contributed by atoms with Crippen LogP contribution < -0.4 is 5.32 Å². The maximum absolute atomic E-state index is 12.9. The number of carbonyl (C=O) groups excluding carboxylic acids is 1. The molecule has 0 aromatic carbocycles. The molecule has 0 saturated heterocycles. The van der Waals surface area contributed by atoms with Crippen LogP contribution in [-0.2, 0) is 12.8 Å². The van der Waals surface area contributed by atoms with Crippen LogP contribution in [0, 0.1) is 5.92 Å². The molecule has 1 N–H and O–H groups in total. The van der Waals surface area contributed by atoms with Crippen LogP contribution in [0.4, 0.5) is 0 Å². The van der Waals surface area contributed by atoms with Crippen molar-refractivity contribution in [3.8, 4) is 0 Å². The molecule has 0 radical (unpaired) electrons. The van der Waals surface area contributed by atoms with Crippen LogP contribution in [0.3, 0.4) is 0 Å². The van der Waals surface area contributed by atoms with E-state index in [9.17, 15) is 4.79 Å². The number of nitrogens with zero attached hydrogens (tertiary/aromatic N) is 2. The summed E-state index contributed by atoms with van der Waals surface area (Å²) in [6, 6.07) is 1.86. The van der Waals surface area contributed by atoms with E-state index >= 15 is 0 Å². The van der Waals surface area contributed by atoms with Gasteiger partial charge in [-0.05, 0) is 56.1 Å². The van der Waals surface area contributed by atoms with E-state index in [1.807, 2.05) is 0 Å². The third kappa shape index (κ3) is 3.85. The van der Waals surface area contributed by atoms with Gasteiger partial charge in [-0.25, -0.2) is 0 Å². The van der Waals surface area contributed by atoms with Crippen LogP contribution in [0.25, 0.3) is 0 Å². The highest BCUT2D eigenvalue weighted by Crippen LogP contribution is 2.39. The number of hydrogen-bond acceptors (Lipinski definition) is 5. The van der Waals surface area contributed by atoms with Crippen molar-refractivity contribution in [3.05, 3.63) is 33.1 Å². The SMILES string of the molecule is CC(C)C(NC(=O)c1cc2c(s1)CCCCCC2)c1nc(C2CC2)no1. The molecule has 1 amide bonds. The van der Waals surface area contributed by atoms with Crippen LogP contribution in [0.1, 0.15) is 96.2 Å². The lowest BCUT2D eigenvalue weighted by atomic mass is 9.99. The number of thiophene rings is 1. The van der Waals surface area contributed by atoms with E-state index < -0.39 is 0 Å². The predicted molar refractivity (Wildman–Crippen MR) is 102 cm³/mol. The molecule has 6 heteroatoms. The number of aryl methyl sites for hydroxylation is 2. The molecule has 2 aliphatic carbocycles. The molecule has 0 spiro atoms. The van der Waals surface area contributed by atoms with E-state index in [4.69, 9.17) is 4.52 Å². The molecule has 4 rings (SSSR count). The summed E-state index contributed by atoms with van der Waals surface area (Å²) in [5.41, 5.74) is 1.37. The third-order valence-corrected chi connectivity index (χ3v) is 6.58. The van der Waals surface area contributed by atoms with Gasteiger partial charge in [0.25, 0.3) is 5.91 Å². The van der Waals surface area contributed by atoms with Crippen molar-refractivity contribution in [2.45, 2.75) is 77.2 Å². The van der Waals surface area contributed by atoms with Crippen LogP contribution in [0.5, 0.6) is 0 Å². The van der Waals surface area contributed by atoms with Crippen LogP contribution in [0.2, 0.25) is 0 Å². The smallest absolute Gasteiger partial charge is 0.262 e. The molecule has 1 fully saturated rings. The fourth-order valence-corrected chi connectivity index (χ4v) is 4.72. The number of nitrogens with one attached hydrogen (secondary N) is 1. The number of amides is 1. The van der Waals surface area contributed by atoms with Gasteiger partial charge in [0, 0.05) is 10.8 Å². The number of fused-ring (bicyclic) bond motifs is 1. The molecule has 26 heavy (non-hydrogen) atoms. The Kier molecular flexibility index (Phi) is 5.11. The molecule has 0 aliphatic heterocycles. The second kappa shape index (κ2) is 7.51. The standard InChI is InChI=1S/C20H27N3O2S/c1-12(2)17(20-22-18(23-25-20)13-9-10-13)21-19(24)16-11-14-7-5-3-4-6-8-15(14)26-16/h11-13,17H,3-10H2,1-2H3,(H,21,24). The molecule has 2 heterocycles. The number of carbonyl (C=O) groups is 1. The predicted octanol–water partition coefficient (Wildman–Crippen LogP) is 4.79. The van der Waals surface area contributed by atoms with Gasteiger partial charge in [0.15, 0.2) is 5.82 Å². The molecule has 140 valence electrons. The van der Waals surface area contributed by atoms with Crippen molar-refractivity contribution in [2.24, 2.45) is 5.92 Å². The van der Waals surface area contributed by atoms with E-state index in [0.717, 1.165) is 36.4 Å². The van der Waals surface area contributed by atoms with Gasteiger partial charge in [-0.2, -0.15) is 4.98 Å². The van der Waals surface area contributed by atoms with Crippen LogP contribution in [-0.4, -0.2) is 16.0 Å².